The fourth-order valence-corrected chi connectivity index (χ4v) is 1.94. The summed E-state index contributed by atoms with van der Waals surface area (Å²) in [5, 5.41) is 8.37. The molecule has 0 aliphatic heterocycles. The van der Waals surface area contributed by atoms with Crippen LogP contribution in [0.15, 0.2) is 0 Å². The highest BCUT2D eigenvalue weighted by Gasteiger charge is 2.13. The van der Waals surface area contributed by atoms with Gasteiger partial charge in [0.2, 0.25) is 5.78 Å². The number of ketones is 2. The van der Waals surface area contributed by atoms with Gasteiger partial charge in [-0.1, -0.05) is 51.9 Å². The average molecular weight is 270 g/mol. The van der Waals surface area contributed by atoms with Crippen molar-refractivity contribution in [3.8, 4) is 0 Å². The van der Waals surface area contributed by atoms with E-state index in [2.05, 4.69) is 6.92 Å². The first-order chi connectivity index (χ1) is 9.07. The molecule has 0 saturated heterocycles. The number of carbonyl (C=O) groups excluding carboxylic acids is 2. The van der Waals surface area contributed by atoms with Crippen LogP contribution in [0.2, 0.25) is 0 Å². The van der Waals surface area contributed by atoms with Crippen molar-refractivity contribution in [2.45, 2.75) is 77.6 Å². The third-order valence-corrected chi connectivity index (χ3v) is 3.18. The van der Waals surface area contributed by atoms with Crippen molar-refractivity contribution in [3.05, 3.63) is 0 Å². The molecule has 4 nitrogen and oxygen atoms in total. The number of Topliss-reactive ketones (excluding diaryl/α,β-unsaturated/α-hetero) is 2. The van der Waals surface area contributed by atoms with Crippen LogP contribution in [0.5, 0.6) is 0 Å². The molecule has 0 radical (unpaired) electrons. The van der Waals surface area contributed by atoms with E-state index in [0.717, 1.165) is 19.3 Å². The van der Waals surface area contributed by atoms with E-state index in [1.165, 1.54) is 32.1 Å². The van der Waals surface area contributed by atoms with Crippen LogP contribution < -0.4 is 0 Å². The summed E-state index contributed by atoms with van der Waals surface area (Å²) in [6, 6.07) is 0. The largest absolute Gasteiger partial charge is 0.476 e. The van der Waals surface area contributed by atoms with Gasteiger partial charge in [0.15, 0.2) is 0 Å². The number of carbonyl (C=O) groups is 3. The summed E-state index contributed by atoms with van der Waals surface area (Å²) in [5.41, 5.74) is 0. The van der Waals surface area contributed by atoms with Gasteiger partial charge >= 0.3 is 5.97 Å². The Morgan fingerprint density at radius 3 is 1.79 bits per heavy atom. The van der Waals surface area contributed by atoms with Gasteiger partial charge in [-0.15, -0.1) is 0 Å². The maximum Gasteiger partial charge on any atom is 0.372 e. The fraction of sp³-hybridized carbons (Fsp3) is 0.800. The minimum atomic E-state index is -1.44. The SMILES string of the molecule is CCCCCCCCCCC(=O)CCC(=O)C(=O)O. The molecule has 0 aliphatic carbocycles. The van der Waals surface area contributed by atoms with E-state index < -0.39 is 11.8 Å². The van der Waals surface area contributed by atoms with Gasteiger partial charge in [0.1, 0.15) is 5.78 Å². The molecule has 0 heterocycles. The molecule has 0 amide bonds. The molecule has 19 heavy (non-hydrogen) atoms. The summed E-state index contributed by atoms with van der Waals surface area (Å²) in [5.74, 6) is -2.32. The normalized spacial score (nSPS) is 10.4. The smallest absolute Gasteiger partial charge is 0.372 e. The summed E-state index contributed by atoms with van der Waals surface area (Å²) in [4.78, 5) is 32.5. The molecule has 0 atom stereocenters. The molecule has 0 aromatic carbocycles. The Bertz CT molecular complexity index is 284. The quantitative estimate of drug-likeness (QED) is 0.410. The van der Waals surface area contributed by atoms with Crippen LogP contribution in [0.3, 0.4) is 0 Å². The molecule has 0 spiro atoms. The van der Waals surface area contributed by atoms with E-state index in [4.69, 9.17) is 5.11 Å². The number of rotatable bonds is 13. The van der Waals surface area contributed by atoms with Crippen LogP contribution in [-0.2, 0) is 14.4 Å². The van der Waals surface area contributed by atoms with Gasteiger partial charge in [0, 0.05) is 19.3 Å². The molecule has 0 aliphatic rings. The Kier molecular flexibility index (Phi) is 11.1. The van der Waals surface area contributed by atoms with Gasteiger partial charge in [-0.3, -0.25) is 9.59 Å². The van der Waals surface area contributed by atoms with E-state index in [0.29, 0.717) is 6.42 Å². The minimum Gasteiger partial charge on any atom is -0.476 e. The minimum absolute atomic E-state index is 0.000540. The first-order valence-corrected chi connectivity index (χ1v) is 7.35. The second-order valence-corrected chi connectivity index (χ2v) is 4.99. The highest BCUT2D eigenvalue weighted by atomic mass is 16.4. The number of carboxylic acids is 1. The Labute approximate surface area is 115 Å². The molecule has 0 aromatic heterocycles. The number of carboxylic acid groups (broad SMARTS) is 1. The third kappa shape index (κ3) is 11.6. The van der Waals surface area contributed by atoms with Crippen LogP contribution in [0.4, 0.5) is 0 Å². The van der Waals surface area contributed by atoms with E-state index in [9.17, 15) is 14.4 Å². The topological polar surface area (TPSA) is 71.4 Å². The van der Waals surface area contributed by atoms with E-state index in [-0.39, 0.29) is 18.6 Å². The van der Waals surface area contributed by atoms with Crippen LogP contribution in [0.25, 0.3) is 0 Å². The monoisotopic (exact) mass is 270 g/mol. The molecule has 0 fully saturated rings. The van der Waals surface area contributed by atoms with Crippen molar-refractivity contribution in [1.29, 1.82) is 0 Å². The van der Waals surface area contributed by atoms with Gasteiger partial charge in [0.25, 0.3) is 0 Å². The number of hydrogen-bond acceptors (Lipinski definition) is 3. The highest BCUT2D eigenvalue weighted by molar-refractivity contribution is 6.32. The molecule has 4 heteroatoms. The third-order valence-electron chi connectivity index (χ3n) is 3.18. The van der Waals surface area contributed by atoms with E-state index in [1.54, 1.807) is 0 Å². The second-order valence-electron chi connectivity index (χ2n) is 4.99. The van der Waals surface area contributed by atoms with Crippen molar-refractivity contribution < 1.29 is 19.5 Å². The van der Waals surface area contributed by atoms with Crippen molar-refractivity contribution in [2.75, 3.05) is 0 Å². The molecule has 110 valence electrons. The Hall–Kier alpha value is -1.19. The Balaban J connectivity index is 3.34. The zero-order chi connectivity index (χ0) is 14.5. The molecule has 0 bridgehead atoms. The zero-order valence-electron chi connectivity index (χ0n) is 12.0. The summed E-state index contributed by atoms with van der Waals surface area (Å²) in [6.45, 7) is 2.20. The van der Waals surface area contributed by atoms with Crippen LogP contribution in [0, 0.1) is 0 Å². The maximum absolute atomic E-state index is 11.4. The summed E-state index contributed by atoms with van der Waals surface area (Å²) >= 11 is 0. The zero-order valence-corrected chi connectivity index (χ0v) is 12.0. The van der Waals surface area contributed by atoms with Gasteiger partial charge in [-0.05, 0) is 6.42 Å². The molecule has 0 saturated carbocycles. The molecule has 0 rings (SSSR count). The average Bonchev–Trinajstić information content (AvgIpc) is 2.38. The summed E-state index contributed by atoms with van der Waals surface area (Å²) in [7, 11) is 0. The lowest BCUT2D eigenvalue weighted by Crippen LogP contribution is -2.13. The van der Waals surface area contributed by atoms with Gasteiger partial charge in [-0.2, -0.15) is 0 Å². The number of unbranched alkanes of at least 4 members (excludes halogenated alkanes) is 7. The predicted octanol–water partition coefficient (Wildman–Crippen LogP) is 3.52. The lowest BCUT2D eigenvalue weighted by Gasteiger charge is -2.01. The lowest BCUT2D eigenvalue weighted by molar-refractivity contribution is -0.149. The molecular weight excluding hydrogens is 244 g/mol. The first kappa shape index (κ1) is 17.8. The first-order valence-electron chi connectivity index (χ1n) is 7.35. The summed E-state index contributed by atoms with van der Waals surface area (Å²) < 4.78 is 0. The standard InChI is InChI=1S/C15H26O4/c1-2-3-4-5-6-7-8-9-10-13(16)11-12-14(17)15(18)19/h2-12H2,1H3,(H,18,19). The highest BCUT2D eigenvalue weighted by Crippen LogP contribution is 2.10. The van der Waals surface area contributed by atoms with Gasteiger partial charge in [-0.25, -0.2) is 4.79 Å². The van der Waals surface area contributed by atoms with Crippen LogP contribution in [-0.4, -0.2) is 22.6 Å². The molecule has 0 aromatic rings. The molecule has 1 N–H and O–H groups in total. The van der Waals surface area contributed by atoms with Crippen molar-refractivity contribution in [2.24, 2.45) is 0 Å². The van der Waals surface area contributed by atoms with Crippen LogP contribution >= 0.6 is 0 Å². The second kappa shape index (κ2) is 11.9. The number of aliphatic carboxylic acids is 1. The van der Waals surface area contributed by atoms with Gasteiger partial charge < -0.3 is 5.11 Å². The van der Waals surface area contributed by atoms with E-state index >= 15 is 0 Å². The van der Waals surface area contributed by atoms with Crippen molar-refractivity contribution in [3.63, 3.8) is 0 Å². The van der Waals surface area contributed by atoms with Gasteiger partial charge in [0.05, 0.1) is 0 Å². The number of hydrogen-bond donors (Lipinski definition) is 1. The molecular formula is C15H26O4. The lowest BCUT2D eigenvalue weighted by atomic mass is 10.0. The van der Waals surface area contributed by atoms with Crippen LogP contribution in [0.1, 0.15) is 77.6 Å². The van der Waals surface area contributed by atoms with E-state index in [1.807, 2.05) is 0 Å². The Morgan fingerprint density at radius 1 is 0.737 bits per heavy atom. The predicted molar refractivity (Wildman–Crippen MR) is 74.1 cm³/mol. The summed E-state index contributed by atoms with van der Waals surface area (Å²) in [6.07, 6.45) is 9.80. The maximum atomic E-state index is 11.4. The fourth-order valence-electron chi connectivity index (χ4n) is 1.94. The molecule has 0 unspecified atom stereocenters. The van der Waals surface area contributed by atoms with Crippen molar-refractivity contribution >= 4 is 17.5 Å². The van der Waals surface area contributed by atoms with Crippen molar-refractivity contribution in [1.82, 2.24) is 0 Å². The Morgan fingerprint density at radius 2 is 1.26 bits per heavy atom.